The molecule has 0 radical (unpaired) electrons. The summed E-state index contributed by atoms with van der Waals surface area (Å²) >= 11 is 0. The van der Waals surface area contributed by atoms with Crippen LogP contribution >= 0.6 is 0 Å². The highest BCUT2D eigenvalue weighted by Gasteiger charge is 2.40. The topological polar surface area (TPSA) is 39.2 Å². The van der Waals surface area contributed by atoms with E-state index in [0.29, 0.717) is 4.57 Å². The van der Waals surface area contributed by atoms with Gasteiger partial charge in [0, 0.05) is 0 Å². The molecule has 0 atom stereocenters. The number of imidazole rings is 1. The van der Waals surface area contributed by atoms with Gasteiger partial charge in [0.25, 0.3) is 0 Å². The van der Waals surface area contributed by atoms with Crippen molar-refractivity contribution in [1.29, 1.82) is 0 Å². The summed E-state index contributed by atoms with van der Waals surface area (Å²) in [6.07, 6.45) is -4.17. The van der Waals surface area contributed by atoms with Gasteiger partial charge in [0.2, 0.25) is 0 Å². The van der Waals surface area contributed by atoms with Crippen LogP contribution in [0.4, 0.5) is 18.9 Å². The van der Waals surface area contributed by atoms with Crippen molar-refractivity contribution in [3.05, 3.63) is 35.9 Å². The van der Waals surface area contributed by atoms with Gasteiger partial charge in [-0.25, -0.2) is 9.83 Å². The summed E-state index contributed by atoms with van der Waals surface area (Å²) in [5.41, 5.74) is 0.352. The highest BCUT2D eigenvalue weighted by Crippen LogP contribution is 2.24. The third kappa shape index (κ3) is 1.85. The fraction of sp³-hybridized carbons (Fsp3) is 0.100. The van der Waals surface area contributed by atoms with Crippen LogP contribution in [0.3, 0.4) is 0 Å². The van der Waals surface area contributed by atoms with E-state index in [0.717, 1.165) is 6.33 Å². The lowest BCUT2D eigenvalue weighted by Crippen LogP contribution is -2.28. The van der Waals surface area contributed by atoms with E-state index in [1.54, 1.807) is 0 Å². The molecule has 2 aromatic rings. The number of benzene rings is 1. The number of carbonyl (C=O) groups is 1. The number of fused-ring (bicyclic) bond motifs is 1. The van der Waals surface area contributed by atoms with E-state index in [9.17, 15) is 18.0 Å². The van der Waals surface area contributed by atoms with Gasteiger partial charge in [-0.1, -0.05) is 6.07 Å². The second-order valence-electron chi connectivity index (χ2n) is 3.20. The first kappa shape index (κ1) is 11.1. The fourth-order valence-electron chi connectivity index (χ4n) is 1.36. The molecule has 0 fully saturated rings. The number of halogens is 3. The predicted octanol–water partition coefficient (Wildman–Crippen LogP) is 2.79. The average molecular weight is 239 g/mol. The van der Waals surface area contributed by atoms with Gasteiger partial charge in [-0.2, -0.15) is 13.2 Å². The predicted molar refractivity (Wildman–Crippen MR) is 52.7 cm³/mol. The fourth-order valence-corrected chi connectivity index (χ4v) is 1.36. The Hall–Kier alpha value is -2.36. The van der Waals surface area contributed by atoms with Crippen molar-refractivity contribution < 1.29 is 18.0 Å². The second-order valence-corrected chi connectivity index (χ2v) is 3.20. The van der Waals surface area contributed by atoms with Gasteiger partial charge in [0.15, 0.2) is 5.69 Å². The molecule has 4 nitrogen and oxygen atoms in total. The molecule has 0 N–H and O–H groups in total. The maximum atomic E-state index is 12.3. The number of nitrogens with zero attached hydrogens (tertiary/aromatic N) is 3. The van der Waals surface area contributed by atoms with Crippen molar-refractivity contribution in [3.8, 4) is 0 Å². The van der Waals surface area contributed by atoms with E-state index in [1.807, 2.05) is 0 Å². The Labute approximate surface area is 93.1 Å². The van der Waals surface area contributed by atoms with Crippen LogP contribution in [0.15, 0.2) is 24.5 Å². The normalized spacial score (nSPS) is 11.4. The number of carbonyl (C=O) groups excluding carboxylic acids is 1. The lowest BCUT2D eigenvalue weighted by atomic mass is 10.3. The highest BCUT2D eigenvalue weighted by molar-refractivity contribution is 5.94. The minimum Gasteiger partial charge on any atom is -0.264 e. The Morgan fingerprint density at radius 1 is 1.41 bits per heavy atom. The van der Waals surface area contributed by atoms with Crippen LogP contribution in [0.5, 0.6) is 0 Å². The molecule has 0 saturated heterocycles. The van der Waals surface area contributed by atoms with Crippen LogP contribution in [0.25, 0.3) is 15.9 Å². The molecule has 1 heterocycles. The zero-order valence-corrected chi connectivity index (χ0v) is 8.19. The van der Waals surface area contributed by atoms with Crippen LogP contribution in [-0.2, 0) is 0 Å². The van der Waals surface area contributed by atoms with Crippen molar-refractivity contribution in [2.45, 2.75) is 6.18 Å². The molecule has 0 aliphatic rings. The van der Waals surface area contributed by atoms with Gasteiger partial charge in [0.05, 0.1) is 17.6 Å². The molecule has 1 aromatic carbocycles. The largest absolute Gasteiger partial charge is 0.472 e. The third-order valence-electron chi connectivity index (χ3n) is 2.12. The Bertz CT molecular complexity index is 636. The molecule has 0 aliphatic carbocycles. The van der Waals surface area contributed by atoms with Gasteiger partial charge < -0.3 is 0 Å². The smallest absolute Gasteiger partial charge is 0.264 e. The minimum absolute atomic E-state index is 0.0270. The van der Waals surface area contributed by atoms with E-state index in [-0.39, 0.29) is 16.7 Å². The number of rotatable bonds is 0. The Morgan fingerprint density at radius 3 is 2.71 bits per heavy atom. The lowest BCUT2D eigenvalue weighted by molar-refractivity contribution is -0.0943. The first-order chi connectivity index (χ1) is 7.93. The summed E-state index contributed by atoms with van der Waals surface area (Å²) in [6, 6.07) is 4.01. The molecular formula is C10H4F3N3O. The SMILES string of the molecule is [C-]#[N+]c1ccc2ncn(C(=O)C(F)(F)F)c2c1. The molecule has 2 rings (SSSR count). The standard InChI is InChI=1S/C10H4F3N3O/c1-14-6-2-3-7-8(4-6)16(5-15-7)9(17)10(11,12)13/h2-5H. The zero-order valence-electron chi connectivity index (χ0n) is 8.19. The Balaban J connectivity index is 2.64. The van der Waals surface area contributed by atoms with Crippen LogP contribution in [0.1, 0.15) is 4.79 Å². The van der Waals surface area contributed by atoms with Crippen molar-refractivity contribution in [1.82, 2.24) is 9.55 Å². The molecule has 0 saturated carbocycles. The number of aromatic nitrogens is 2. The van der Waals surface area contributed by atoms with E-state index in [1.165, 1.54) is 18.2 Å². The van der Waals surface area contributed by atoms with Gasteiger partial charge in [-0.15, -0.1) is 0 Å². The van der Waals surface area contributed by atoms with E-state index in [2.05, 4.69) is 9.83 Å². The second kappa shape index (κ2) is 3.59. The number of hydrogen-bond acceptors (Lipinski definition) is 2. The van der Waals surface area contributed by atoms with Crippen LogP contribution < -0.4 is 0 Å². The van der Waals surface area contributed by atoms with E-state index < -0.39 is 12.1 Å². The zero-order chi connectivity index (χ0) is 12.6. The van der Waals surface area contributed by atoms with Gasteiger partial charge in [-0.3, -0.25) is 9.36 Å². The number of hydrogen-bond donors (Lipinski definition) is 0. The van der Waals surface area contributed by atoms with Crippen molar-refractivity contribution in [3.63, 3.8) is 0 Å². The van der Waals surface area contributed by atoms with Crippen molar-refractivity contribution in [2.75, 3.05) is 0 Å². The van der Waals surface area contributed by atoms with Gasteiger partial charge in [-0.05, 0) is 12.1 Å². The van der Waals surface area contributed by atoms with Crippen LogP contribution in [0.2, 0.25) is 0 Å². The van der Waals surface area contributed by atoms with Gasteiger partial charge >= 0.3 is 12.1 Å². The molecule has 86 valence electrons. The summed E-state index contributed by atoms with van der Waals surface area (Å²) in [5.74, 6) is -2.03. The highest BCUT2D eigenvalue weighted by atomic mass is 19.4. The minimum atomic E-state index is -4.97. The summed E-state index contributed by atoms with van der Waals surface area (Å²) in [6.45, 7) is 6.76. The molecule has 0 aliphatic heterocycles. The molecule has 0 amide bonds. The number of alkyl halides is 3. The quantitative estimate of drug-likeness (QED) is 0.663. The Morgan fingerprint density at radius 2 is 2.12 bits per heavy atom. The summed E-state index contributed by atoms with van der Waals surface area (Å²) in [4.78, 5) is 17.8. The third-order valence-corrected chi connectivity index (χ3v) is 2.12. The summed E-state index contributed by atoms with van der Waals surface area (Å²) in [5, 5.41) is 0. The maximum absolute atomic E-state index is 12.3. The monoisotopic (exact) mass is 239 g/mol. The van der Waals surface area contributed by atoms with Crippen molar-refractivity contribution in [2.24, 2.45) is 0 Å². The molecule has 17 heavy (non-hydrogen) atoms. The van der Waals surface area contributed by atoms with Crippen LogP contribution in [0, 0.1) is 6.57 Å². The summed E-state index contributed by atoms with van der Waals surface area (Å²) in [7, 11) is 0. The average Bonchev–Trinajstić information content (AvgIpc) is 2.69. The summed E-state index contributed by atoms with van der Waals surface area (Å²) < 4.78 is 37.2. The molecule has 0 spiro atoms. The van der Waals surface area contributed by atoms with Gasteiger partial charge in [0.1, 0.15) is 6.33 Å². The molecule has 1 aromatic heterocycles. The Kier molecular flexibility index (Phi) is 2.35. The first-order valence-electron chi connectivity index (χ1n) is 4.39. The lowest BCUT2D eigenvalue weighted by Gasteiger charge is -2.06. The molecule has 0 bridgehead atoms. The maximum Gasteiger partial charge on any atom is 0.472 e. The molecule has 0 unspecified atom stereocenters. The van der Waals surface area contributed by atoms with Crippen LogP contribution in [-0.4, -0.2) is 21.6 Å². The van der Waals surface area contributed by atoms with Crippen molar-refractivity contribution >= 4 is 22.6 Å². The molecule has 7 heteroatoms. The van der Waals surface area contributed by atoms with E-state index in [4.69, 9.17) is 6.57 Å². The molecular weight excluding hydrogens is 235 g/mol. The van der Waals surface area contributed by atoms with E-state index >= 15 is 0 Å². The first-order valence-corrected chi connectivity index (χ1v) is 4.39.